The summed E-state index contributed by atoms with van der Waals surface area (Å²) in [6.45, 7) is 6.51. The highest BCUT2D eigenvalue weighted by molar-refractivity contribution is 5.77. The van der Waals surface area contributed by atoms with Gasteiger partial charge in [0.05, 0.1) is 6.54 Å². The summed E-state index contributed by atoms with van der Waals surface area (Å²) in [6.07, 6.45) is 0. The number of carboxylic acid groups (broad SMARTS) is 2. The quantitative estimate of drug-likeness (QED) is 0.636. The number of hydrogen-bond donors (Lipinski definition) is 3. The van der Waals surface area contributed by atoms with E-state index in [9.17, 15) is 9.59 Å². The fourth-order valence-electron chi connectivity index (χ4n) is 2.06. The lowest BCUT2D eigenvalue weighted by Gasteiger charge is -2.19. The Hall–Kier alpha value is -1.92. The van der Waals surface area contributed by atoms with E-state index in [1.165, 1.54) is 0 Å². The molecule has 0 aromatic heterocycles. The van der Waals surface area contributed by atoms with Gasteiger partial charge in [-0.25, -0.2) is 0 Å². The Morgan fingerprint density at radius 1 is 1.14 bits per heavy atom. The number of hydrogen-bond acceptors (Lipinski definition) is 4. The summed E-state index contributed by atoms with van der Waals surface area (Å²) in [5.41, 5.74) is 1.65. The molecule has 1 unspecified atom stereocenters. The van der Waals surface area contributed by atoms with Crippen LogP contribution in [0.3, 0.4) is 0 Å². The van der Waals surface area contributed by atoms with Gasteiger partial charge in [0.1, 0.15) is 6.04 Å². The van der Waals surface area contributed by atoms with Gasteiger partial charge in [0, 0.05) is 6.54 Å². The van der Waals surface area contributed by atoms with Gasteiger partial charge in [-0.2, -0.15) is 0 Å². The number of rotatable bonds is 9. The van der Waals surface area contributed by atoms with E-state index in [0.717, 1.165) is 25.2 Å². The maximum Gasteiger partial charge on any atom is 0.325 e. The number of carboxylic acids is 2. The molecule has 6 nitrogen and oxygen atoms in total. The normalized spacial score (nSPS) is 12.3. The van der Waals surface area contributed by atoms with E-state index in [-0.39, 0.29) is 0 Å². The molecule has 3 N–H and O–H groups in total. The van der Waals surface area contributed by atoms with E-state index in [0.29, 0.717) is 5.56 Å². The molecular weight excluding hydrogens is 272 g/mol. The summed E-state index contributed by atoms with van der Waals surface area (Å²) in [7, 11) is 0. The standard InChI is InChI=1S/C15H22N2O4/c1-3-17(4-2)10-11-5-7-12(8-6-11)14(15(20)21)16-9-13(18)19/h5-8,14,16H,3-4,9-10H2,1-2H3,(H,18,19)(H,20,21). The Labute approximate surface area is 124 Å². The average molecular weight is 294 g/mol. The topological polar surface area (TPSA) is 89.9 Å². The van der Waals surface area contributed by atoms with Crippen molar-refractivity contribution >= 4 is 11.9 Å². The van der Waals surface area contributed by atoms with Crippen molar-refractivity contribution in [2.24, 2.45) is 0 Å². The molecule has 21 heavy (non-hydrogen) atoms. The molecule has 0 bridgehead atoms. The zero-order valence-corrected chi connectivity index (χ0v) is 12.4. The Morgan fingerprint density at radius 3 is 2.14 bits per heavy atom. The fourth-order valence-corrected chi connectivity index (χ4v) is 2.06. The predicted molar refractivity (Wildman–Crippen MR) is 79.1 cm³/mol. The van der Waals surface area contributed by atoms with Crippen molar-refractivity contribution in [3.8, 4) is 0 Å². The van der Waals surface area contributed by atoms with Gasteiger partial charge in [-0.05, 0) is 24.2 Å². The van der Waals surface area contributed by atoms with Crippen molar-refractivity contribution in [1.82, 2.24) is 10.2 Å². The predicted octanol–water partition coefficient (Wildman–Crippen LogP) is 1.33. The van der Waals surface area contributed by atoms with Crippen molar-refractivity contribution in [2.75, 3.05) is 19.6 Å². The first kappa shape index (κ1) is 17.1. The molecule has 0 heterocycles. The molecule has 1 aromatic carbocycles. The summed E-state index contributed by atoms with van der Waals surface area (Å²) in [4.78, 5) is 24.0. The van der Waals surface area contributed by atoms with Gasteiger partial charge >= 0.3 is 11.9 Å². The molecule has 0 aliphatic carbocycles. The summed E-state index contributed by atoms with van der Waals surface area (Å²) in [5.74, 6) is -2.17. The molecule has 0 aliphatic rings. The Morgan fingerprint density at radius 2 is 1.71 bits per heavy atom. The lowest BCUT2D eigenvalue weighted by atomic mass is 10.0. The van der Waals surface area contributed by atoms with Crippen LogP contribution in [-0.2, 0) is 16.1 Å². The van der Waals surface area contributed by atoms with E-state index < -0.39 is 24.5 Å². The monoisotopic (exact) mass is 294 g/mol. The van der Waals surface area contributed by atoms with Gasteiger partial charge in [0.2, 0.25) is 0 Å². The molecule has 0 aliphatic heterocycles. The number of nitrogens with one attached hydrogen (secondary N) is 1. The van der Waals surface area contributed by atoms with Crippen LogP contribution in [0.25, 0.3) is 0 Å². The van der Waals surface area contributed by atoms with E-state index in [4.69, 9.17) is 10.2 Å². The maximum atomic E-state index is 11.2. The SMILES string of the molecule is CCN(CC)Cc1ccc(C(NCC(=O)O)C(=O)O)cc1. The van der Waals surface area contributed by atoms with Gasteiger partial charge in [0.15, 0.2) is 0 Å². The minimum atomic E-state index is -1.09. The van der Waals surface area contributed by atoms with Crippen LogP contribution in [0.5, 0.6) is 0 Å². The largest absolute Gasteiger partial charge is 0.480 e. The Balaban J connectivity index is 2.77. The van der Waals surface area contributed by atoms with E-state index in [1.807, 2.05) is 12.1 Å². The van der Waals surface area contributed by atoms with Crippen LogP contribution in [0.2, 0.25) is 0 Å². The van der Waals surface area contributed by atoms with Gasteiger partial charge in [0.25, 0.3) is 0 Å². The molecule has 6 heteroatoms. The number of aliphatic carboxylic acids is 2. The third-order valence-electron chi connectivity index (χ3n) is 3.32. The molecule has 0 saturated carbocycles. The highest BCUT2D eigenvalue weighted by atomic mass is 16.4. The third kappa shape index (κ3) is 5.53. The molecule has 0 spiro atoms. The molecule has 116 valence electrons. The van der Waals surface area contributed by atoms with E-state index >= 15 is 0 Å². The van der Waals surface area contributed by atoms with E-state index in [2.05, 4.69) is 24.1 Å². The number of benzene rings is 1. The molecule has 0 fully saturated rings. The van der Waals surface area contributed by atoms with Crippen molar-refractivity contribution in [3.63, 3.8) is 0 Å². The van der Waals surface area contributed by atoms with Gasteiger partial charge in [-0.3, -0.25) is 19.8 Å². The molecule has 0 saturated heterocycles. The van der Waals surface area contributed by atoms with Gasteiger partial charge in [-0.15, -0.1) is 0 Å². The van der Waals surface area contributed by atoms with Crippen LogP contribution < -0.4 is 5.32 Å². The van der Waals surface area contributed by atoms with Crippen LogP contribution in [0.1, 0.15) is 31.0 Å². The zero-order valence-electron chi connectivity index (χ0n) is 12.4. The molecule has 0 amide bonds. The lowest BCUT2D eigenvalue weighted by Crippen LogP contribution is -2.32. The van der Waals surface area contributed by atoms with Crippen LogP contribution in [0.15, 0.2) is 24.3 Å². The summed E-state index contributed by atoms with van der Waals surface area (Å²) in [6, 6.07) is 6.21. The summed E-state index contributed by atoms with van der Waals surface area (Å²) in [5, 5.41) is 20.3. The first-order valence-corrected chi connectivity index (χ1v) is 6.97. The van der Waals surface area contributed by atoms with Gasteiger partial charge in [-0.1, -0.05) is 38.1 Å². The van der Waals surface area contributed by atoms with Crippen molar-refractivity contribution < 1.29 is 19.8 Å². The third-order valence-corrected chi connectivity index (χ3v) is 3.32. The summed E-state index contributed by atoms with van der Waals surface area (Å²) >= 11 is 0. The Bertz CT molecular complexity index is 469. The second-order valence-electron chi connectivity index (χ2n) is 4.75. The highest BCUT2D eigenvalue weighted by Gasteiger charge is 2.20. The fraction of sp³-hybridized carbons (Fsp3) is 0.467. The summed E-state index contributed by atoms with van der Waals surface area (Å²) < 4.78 is 0. The zero-order chi connectivity index (χ0) is 15.8. The number of nitrogens with zero attached hydrogens (tertiary/aromatic N) is 1. The minimum absolute atomic E-state index is 0.391. The van der Waals surface area contributed by atoms with Gasteiger partial charge < -0.3 is 10.2 Å². The highest BCUT2D eigenvalue weighted by Crippen LogP contribution is 2.15. The van der Waals surface area contributed by atoms with E-state index in [1.54, 1.807) is 12.1 Å². The average Bonchev–Trinajstić information content (AvgIpc) is 2.45. The molecule has 1 aromatic rings. The van der Waals surface area contributed by atoms with Crippen molar-refractivity contribution in [1.29, 1.82) is 0 Å². The van der Waals surface area contributed by atoms with Crippen molar-refractivity contribution in [2.45, 2.75) is 26.4 Å². The first-order chi connectivity index (χ1) is 9.97. The number of carbonyl (C=O) groups is 2. The molecule has 0 radical (unpaired) electrons. The molecular formula is C15H22N2O4. The van der Waals surface area contributed by atoms with Crippen LogP contribution in [0.4, 0.5) is 0 Å². The van der Waals surface area contributed by atoms with Crippen LogP contribution >= 0.6 is 0 Å². The lowest BCUT2D eigenvalue weighted by molar-refractivity contribution is -0.140. The van der Waals surface area contributed by atoms with Crippen LogP contribution in [-0.4, -0.2) is 46.7 Å². The van der Waals surface area contributed by atoms with Crippen molar-refractivity contribution in [3.05, 3.63) is 35.4 Å². The Kier molecular flexibility index (Phi) is 6.84. The second kappa shape index (κ2) is 8.39. The first-order valence-electron chi connectivity index (χ1n) is 6.97. The maximum absolute atomic E-state index is 11.2. The van der Waals surface area contributed by atoms with Crippen LogP contribution in [0, 0.1) is 0 Å². The second-order valence-corrected chi connectivity index (χ2v) is 4.75. The molecule has 1 rings (SSSR count). The minimum Gasteiger partial charge on any atom is -0.480 e. The smallest absolute Gasteiger partial charge is 0.325 e. The molecule has 1 atom stereocenters.